The summed E-state index contributed by atoms with van der Waals surface area (Å²) in [7, 11) is 1.94. The number of aliphatic carboxylic acids is 1. The second-order valence-corrected chi connectivity index (χ2v) is 5.29. The quantitative estimate of drug-likeness (QED) is 0.914. The fraction of sp³-hybridized carbons (Fsp3) is 0.500. The SMILES string of the molecule is CN1CCN(C(C)(C(=O)O)c2cc(F)ccc2F)CC1. The van der Waals surface area contributed by atoms with Crippen molar-refractivity contribution in [3.05, 3.63) is 35.4 Å². The van der Waals surface area contributed by atoms with Gasteiger partial charge >= 0.3 is 5.97 Å². The van der Waals surface area contributed by atoms with Gasteiger partial charge in [-0.05, 0) is 32.2 Å². The Morgan fingerprint density at radius 3 is 2.40 bits per heavy atom. The maximum Gasteiger partial charge on any atom is 0.328 e. The Bertz CT molecular complexity index is 516. The summed E-state index contributed by atoms with van der Waals surface area (Å²) in [6.45, 7) is 3.81. The van der Waals surface area contributed by atoms with Crippen LogP contribution in [0.3, 0.4) is 0 Å². The van der Waals surface area contributed by atoms with Crippen molar-refractivity contribution >= 4 is 5.97 Å². The van der Waals surface area contributed by atoms with Crippen LogP contribution in [0.5, 0.6) is 0 Å². The minimum absolute atomic E-state index is 0.130. The first-order valence-electron chi connectivity index (χ1n) is 6.48. The molecule has 1 N–H and O–H groups in total. The second-order valence-electron chi connectivity index (χ2n) is 5.29. The molecule has 0 spiro atoms. The van der Waals surface area contributed by atoms with Crippen LogP contribution in [-0.2, 0) is 10.3 Å². The van der Waals surface area contributed by atoms with Gasteiger partial charge in [0.1, 0.15) is 17.2 Å². The molecule has 0 saturated carbocycles. The van der Waals surface area contributed by atoms with E-state index in [4.69, 9.17) is 0 Å². The fourth-order valence-electron chi connectivity index (χ4n) is 2.55. The van der Waals surface area contributed by atoms with Crippen LogP contribution in [-0.4, -0.2) is 54.1 Å². The van der Waals surface area contributed by atoms with E-state index in [0.717, 1.165) is 18.2 Å². The Labute approximate surface area is 116 Å². The Kier molecular flexibility index (Phi) is 4.06. The molecule has 2 rings (SSSR count). The molecule has 20 heavy (non-hydrogen) atoms. The Hall–Kier alpha value is -1.53. The van der Waals surface area contributed by atoms with E-state index in [2.05, 4.69) is 4.90 Å². The van der Waals surface area contributed by atoms with E-state index >= 15 is 0 Å². The van der Waals surface area contributed by atoms with Gasteiger partial charge in [0.05, 0.1) is 0 Å². The number of halogens is 2. The predicted molar refractivity (Wildman–Crippen MR) is 70.4 cm³/mol. The summed E-state index contributed by atoms with van der Waals surface area (Å²) in [6, 6.07) is 2.94. The maximum absolute atomic E-state index is 14.0. The predicted octanol–water partition coefficient (Wildman–Crippen LogP) is 1.51. The van der Waals surface area contributed by atoms with Crippen molar-refractivity contribution in [1.29, 1.82) is 0 Å². The van der Waals surface area contributed by atoms with Crippen molar-refractivity contribution in [2.75, 3.05) is 33.2 Å². The molecule has 1 fully saturated rings. The van der Waals surface area contributed by atoms with Crippen LogP contribution in [0.1, 0.15) is 12.5 Å². The molecule has 1 aliphatic rings. The molecular weight excluding hydrogens is 266 g/mol. The molecule has 0 radical (unpaired) electrons. The third-order valence-corrected chi connectivity index (χ3v) is 4.01. The Morgan fingerprint density at radius 2 is 1.85 bits per heavy atom. The lowest BCUT2D eigenvalue weighted by atomic mass is 9.88. The number of carboxylic acid groups (broad SMARTS) is 1. The zero-order valence-corrected chi connectivity index (χ0v) is 11.6. The average molecular weight is 284 g/mol. The molecule has 1 saturated heterocycles. The molecule has 1 heterocycles. The first-order chi connectivity index (χ1) is 9.35. The topological polar surface area (TPSA) is 43.8 Å². The van der Waals surface area contributed by atoms with Gasteiger partial charge in [0.2, 0.25) is 0 Å². The summed E-state index contributed by atoms with van der Waals surface area (Å²) < 4.78 is 27.4. The van der Waals surface area contributed by atoms with Gasteiger partial charge in [0.15, 0.2) is 0 Å². The van der Waals surface area contributed by atoms with Crippen molar-refractivity contribution in [1.82, 2.24) is 9.80 Å². The molecule has 0 aliphatic carbocycles. The molecule has 6 heteroatoms. The first-order valence-corrected chi connectivity index (χ1v) is 6.48. The summed E-state index contributed by atoms with van der Waals surface area (Å²) >= 11 is 0. The second kappa shape index (κ2) is 5.46. The van der Waals surface area contributed by atoms with E-state index in [0.29, 0.717) is 26.2 Å². The largest absolute Gasteiger partial charge is 0.480 e. The van der Waals surface area contributed by atoms with Crippen LogP contribution in [0.25, 0.3) is 0 Å². The van der Waals surface area contributed by atoms with E-state index in [-0.39, 0.29) is 5.56 Å². The highest BCUT2D eigenvalue weighted by Gasteiger charge is 2.44. The molecule has 1 aliphatic heterocycles. The van der Waals surface area contributed by atoms with Gasteiger partial charge in [-0.2, -0.15) is 0 Å². The zero-order valence-electron chi connectivity index (χ0n) is 11.6. The van der Waals surface area contributed by atoms with E-state index in [1.54, 1.807) is 4.90 Å². The molecule has 1 aromatic rings. The number of benzene rings is 1. The van der Waals surface area contributed by atoms with Crippen molar-refractivity contribution in [2.45, 2.75) is 12.5 Å². The van der Waals surface area contributed by atoms with Crippen molar-refractivity contribution in [2.24, 2.45) is 0 Å². The number of likely N-dealkylation sites (N-methyl/N-ethyl adjacent to an activating group) is 1. The van der Waals surface area contributed by atoms with E-state index in [9.17, 15) is 18.7 Å². The van der Waals surface area contributed by atoms with Gasteiger partial charge in [-0.15, -0.1) is 0 Å². The minimum Gasteiger partial charge on any atom is -0.480 e. The van der Waals surface area contributed by atoms with Gasteiger partial charge in [-0.1, -0.05) is 0 Å². The summed E-state index contributed by atoms with van der Waals surface area (Å²) in [5.41, 5.74) is -1.69. The van der Waals surface area contributed by atoms with Gasteiger partial charge in [0.25, 0.3) is 0 Å². The van der Waals surface area contributed by atoms with Gasteiger partial charge < -0.3 is 10.0 Å². The molecule has 1 unspecified atom stereocenters. The van der Waals surface area contributed by atoms with Crippen LogP contribution in [0.15, 0.2) is 18.2 Å². The Morgan fingerprint density at radius 1 is 1.25 bits per heavy atom. The number of piperazine rings is 1. The van der Waals surface area contributed by atoms with E-state index in [1.807, 2.05) is 7.05 Å². The van der Waals surface area contributed by atoms with Crippen LogP contribution in [0, 0.1) is 11.6 Å². The highest BCUT2D eigenvalue weighted by Crippen LogP contribution is 2.32. The molecule has 1 atom stereocenters. The Balaban J connectivity index is 2.44. The van der Waals surface area contributed by atoms with E-state index in [1.165, 1.54) is 6.92 Å². The summed E-state index contributed by atoms with van der Waals surface area (Å²) in [6.07, 6.45) is 0. The number of nitrogens with zero attached hydrogens (tertiary/aromatic N) is 2. The van der Waals surface area contributed by atoms with Crippen LogP contribution < -0.4 is 0 Å². The normalized spacial score (nSPS) is 20.6. The molecule has 0 aromatic heterocycles. The third kappa shape index (κ3) is 2.53. The van der Waals surface area contributed by atoms with Gasteiger partial charge in [-0.3, -0.25) is 4.90 Å². The molecule has 1 aromatic carbocycles. The van der Waals surface area contributed by atoms with Crippen molar-refractivity contribution < 1.29 is 18.7 Å². The molecular formula is C14H18F2N2O2. The lowest BCUT2D eigenvalue weighted by Gasteiger charge is -2.42. The molecule has 0 amide bonds. The number of rotatable bonds is 3. The highest BCUT2D eigenvalue weighted by molar-refractivity contribution is 5.80. The minimum atomic E-state index is -1.56. The fourth-order valence-corrected chi connectivity index (χ4v) is 2.55. The lowest BCUT2D eigenvalue weighted by molar-refractivity contribution is -0.152. The molecule has 110 valence electrons. The van der Waals surface area contributed by atoms with Crippen LogP contribution in [0.4, 0.5) is 8.78 Å². The number of hydrogen-bond acceptors (Lipinski definition) is 3. The van der Waals surface area contributed by atoms with Crippen LogP contribution >= 0.6 is 0 Å². The first kappa shape index (κ1) is 14.9. The molecule has 4 nitrogen and oxygen atoms in total. The van der Waals surface area contributed by atoms with Gasteiger partial charge in [-0.25, -0.2) is 13.6 Å². The summed E-state index contributed by atoms with van der Waals surface area (Å²) in [4.78, 5) is 15.5. The average Bonchev–Trinajstić information content (AvgIpc) is 2.41. The number of hydrogen-bond donors (Lipinski definition) is 1. The van der Waals surface area contributed by atoms with Crippen LogP contribution in [0.2, 0.25) is 0 Å². The maximum atomic E-state index is 14.0. The molecule has 0 bridgehead atoms. The standard InChI is InChI=1S/C14H18F2N2O2/c1-14(13(19)20,18-7-5-17(2)6-8-18)11-9-10(15)3-4-12(11)16/h3-4,9H,5-8H2,1-2H3,(H,19,20). The third-order valence-electron chi connectivity index (χ3n) is 4.01. The van der Waals surface area contributed by atoms with E-state index < -0.39 is 23.1 Å². The smallest absolute Gasteiger partial charge is 0.328 e. The number of carbonyl (C=O) groups is 1. The summed E-state index contributed by atoms with van der Waals surface area (Å²) in [5, 5.41) is 9.58. The zero-order chi connectivity index (χ0) is 14.9. The number of carboxylic acids is 1. The summed E-state index contributed by atoms with van der Waals surface area (Å²) in [5.74, 6) is -2.51. The lowest BCUT2D eigenvalue weighted by Crippen LogP contribution is -2.57. The van der Waals surface area contributed by atoms with Crippen molar-refractivity contribution in [3.8, 4) is 0 Å². The van der Waals surface area contributed by atoms with Crippen molar-refractivity contribution in [3.63, 3.8) is 0 Å². The monoisotopic (exact) mass is 284 g/mol. The van der Waals surface area contributed by atoms with Gasteiger partial charge in [0, 0.05) is 31.7 Å². The highest BCUT2D eigenvalue weighted by atomic mass is 19.1.